The van der Waals surface area contributed by atoms with Crippen molar-refractivity contribution >= 4 is 74.9 Å². The van der Waals surface area contributed by atoms with Gasteiger partial charge in [-0.15, -0.1) is 11.3 Å². The fourth-order valence-electron chi connectivity index (χ4n) is 10.6. The molecule has 5 heteroatoms. The lowest BCUT2D eigenvalue weighted by atomic mass is 9.95. The maximum Gasteiger partial charge on any atom is 0.164 e. The third-order valence-electron chi connectivity index (χ3n) is 13.9. The largest absolute Gasteiger partial charge is 0.309 e. The Kier molecular flexibility index (Phi) is 9.36. The number of benzene rings is 11. The van der Waals surface area contributed by atoms with E-state index in [-0.39, 0.29) is 0 Å². The minimum atomic E-state index is 0.599. The van der Waals surface area contributed by atoms with Crippen LogP contribution in [0.5, 0.6) is 0 Å². The molecule has 0 saturated heterocycles. The van der Waals surface area contributed by atoms with E-state index in [1.807, 2.05) is 11.3 Å². The fourth-order valence-corrected chi connectivity index (χ4v) is 11.7. The molecule has 0 aliphatic rings. The second kappa shape index (κ2) is 16.3. The molecule has 0 saturated carbocycles. The summed E-state index contributed by atoms with van der Waals surface area (Å²) in [6, 6.07) is 87.1. The van der Waals surface area contributed by atoms with Crippen molar-refractivity contribution in [2.45, 2.75) is 0 Å². The third kappa shape index (κ3) is 6.62. The first-order valence-corrected chi connectivity index (χ1v) is 24.5. The number of hydrogen-bond donors (Lipinski definition) is 0. The maximum atomic E-state index is 5.51. The molecule has 0 N–H and O–H groups in total. The molecule has 70 heavy (non-hydrogen) atoms. The summed E-state index contributed by atoms with van der Waals surface area (Å²) in [6.45, 7) is 0. The third-order valence-corrected chi connectivity index (χ3v) is 15.0. The Hall–Kier alpha value is -9.03. The highest BCUT2D eigenvalue weighted by atomic mass is 32.1. The molecule has 0 radical (unpaired) electrons. The average Bonchev–Trinajstić information content (AvgIpc) is 3.97. The molecule has 0 atom stereocenters. The minimum Gasteiger partial charge on any atom is -0.309 e. The molecule has 0 amide bonds. The second-order valence-electron chi connectivity index (χ2n) is 17.9. The Morgan fingerprint density at radius 2 is 0.814 bits per heavy atom. The summed E-state index contributed by atoms with van der Waals surface area (Å²) in [5, 5.41) is 9.84. The average molecular weight is 909 g/mol. The molecule has 4 nitrogen and oxygen atoms in total. The van der Waals surface area contributed by atoms with E-state index in [1.165, 1.54) is 52.5 Å². The van der Waals surface area contributed by atoms with Crippen molar-refractivity contribution in [3.05, 3.63) is 243 Å². The number of thiophene rings is 1. The molecule has 326 valence electrons. The van der Waals surface area contributed by atoms with Crippen LogP contribution in [0.3, 0.4) is 0 Å². The van der Waals surface area contributed by atoms with Gasteiger partial charge in [0.25, 0.3) is 0 Å². The van der Waals surface area contributed by atoms with E-state index in [1.54, 1.807) is 0 Å². The number of rotatable bonds is 7. The van der Waals surface area contributed by atoms with Crippen LogP contribution in [0.1, 0.15) is 0 Å². The van der Waals surface area contributed by atoms with Crippen molar-refractivity contribution in [2.75, 3.05) is 0 Å². The van der Waals surface area contributed by atoms with E-state index in [0.717, 1.165) is 66.8 Å². The summed E-state index contributed by atoms with van der Waals surface area (Å²) < 4.78 is 4.98. The molecule has 11 aromatic carbocycles. The van der Waals surface area contributed by atoms with Gasteiger partial charge in [-0.2, -0.15) is 0 Å². The van der Waals surface area contributed by atoms with Gasteiger partial charge in [-0.25, -0.2) is 15.0 Å². The second-order valence-corrected chi connectivity index (χ2v) is 19.0. The minimum absolute atomic E-state index is 0.599. The molecule has 0 aliphatic carbocycles. The van der Waals surface area contributed by atoms with E-state index in [9.17, 15) is 0 Å². The number of aromatic nitrogens is 4. The highest BCUT2D eigenvalue weighted by Crippen LogP contribution is 2.44. The molecule has 0 spiro atoms. The van der Waals surface area contributed by atoms with E-state index in [2.05, 4.69) is 247 Å². The van der Waals surface area contributed by atoms with E-state index in [4.69, 9.17) is 15.0 Å². The van der Waals surface area contributed by atoms with Gasteiger partial charge >= 0.3 is 0 Å². The molecule has 0 bridgehead atoms. The van der Waals surface area contributed by atoms with E-state index >= 15 is 0 Å². The van der Waals surface area contributed by atoms with Crippen LogP contribution in [-0.4, -0.2) is 19.5 Å². The van der Waals surface area contributed by atoms with Crippen LogP contribution in [0, 0.1) is 0 Å². The molecule has 3 heterocycles. The Balaban J connectivity index is 1.07. The van der Waals surface area contributed by atoms with Crippen LogP contribution in [0.25, 0.3) is 137 Å². The molecule has 3 aromatic heterocycles. The lowest BCUT2D eigenvalue weighted by Crippen LogP contribution is -2.03. The molecule has 0 fully saturated rings. The van der Waals surface area contributed by atoms with Crippen LogP contribution in [0.4, 0.5) is 0 Å². The van der Waals surface area contributed by atoms with Crippen molar-refractivity contribution in [2.24, 2.45) is 0 Å². The number of nitrogens with zero attached hydrogens (tertiary/aromatic N) is 4. The molecule has 14 rings (SSSR count). The highest BCUT2D eigenvalue weighted by Gasteiger charge is 2.23. The van der Waals surface area contributed by atoms with Gasteiger partial charge in [-0.3, -0.25) is 0 Å². The number of fused-ring (bicyclic) bond motifs is 9. The van der Waals surface area contributed by atoms with Crippen molar-refractivity contribution < 1.29 is 0 Å². The lowest BCUT2D eigenvalue weighted by Gasteiger charge is -2.17. The SMILES string of the molecule is c1ccc(-c2ccccc2-c2nc(-c3ccccc3-c3ccccc3)nc(-c3ccc(-n4c5cc6ccccc6cc5c5c6ccccc6ccc54)cc3-c3ccc4sc5ccccc5c4c3)n2)cc1. The highest BCUT2D eigenvalue weighted by molar-refractivity contribution is 7.25. The summed E-state index contributed by atoms with van der Waals surface area (Å²) >= 11 is 1.83. The van der Waals surface area contributed by atoms with Crippen LogP contribution < -0.4 is 0 Å². The van der Waals surface area contributed by atoms with Gasteiger partial charge in [0.1, 0.15) is 0 Å². The summed E-state index contributed by atoms with van der Waals surface area (Å²) in [6.07, 6.45) is 0. The molecule has 0 unspecified atom stereocenters. The monoisotopic (exact) mass is 908 g/mol. The lowest BCUT2D eigenvalue weighted by molar-refractivity contribution is 1.07. The summed E-state index contributed by atoms with van der Waals surface area (Å²) in [5.41, 5.74) is 12.6. The van der Waals surface area contributed by atoms with Crippen molar-refractivity contribution in [1.29, 1.82) is 0 Å². The standard InChI is InChI=1S/C65H40N4S/c1-3-17-41(18-4-1)48-24-11-13-28-52(48)63-66-64(53-29-14-12-25-49(53)42-19-5-2-6-20-42)68-65(67-63)54-34-33-47(40-55(54)46-32-36-61-56(38-46)51-27-15-16-30-60(51)70-61)69-58-35-31-43-21-9-10-26-50(43)62(58)57-37-44-22-7-8-23-45(44)39-59(57)69/h1-40H. The molecular formula is C65H40N4S. The normalized spacial score (nSPS) is 11.7. The quantitative estimate of drug-likeness (QED) is 0.160. The van der Waals surface area contributed by atoms with Crippen molar-refractivity contribution in [3.8, 4) is 73.2 Å². The maximum absolute atomic E-state index is 5.51. The van der Waals surface area contributed by atoms with Gasteiger partial charge in [0, 0.05) is 53.3 Å². The zero-order chi connectivity index (χ0) is 46.1. The topological polar surface area (TPSA) is 43.6 Å². The predicted octanol–water partition coefficient (Wildman–Crippen LogP) is 17.6. The van der Waals surface area contributed by atoms with Crippen molar-refractivity contribution in [3.63, 3.8) is 0 Å². The van der Waals surface area contributed by atoms with Gasteiger partial charge in [-0.1, -0.05) is 188 Å². The zero-order valence-corrected chi connectivity index (χ0v) is 38.6. The van der Waals surface area contributed by atoms with Crippen LogP contribution in [0.2, 0.25) is 0 Å². The first-order valence-electron chi connectivity index (χ1n) is 23.7. The van der Waals surface area contributed by atoms with E-state index < -0.39 is 0 Å². The number of hydrogen-bond acceptors (Lipinski definition) is 4. The van der Waals surface area contributed by atoms with Gasteiger partial charge < -0.3 is 4.57 Å². The molecule has 14 aromatic rings. The summed E-state index contributed by atoms with van der Waals surface area (Å²) in [7, 11) is 0. The first kappa shape index (κ1) is 40.1. The van der Waals surface area contributed by atoms with Gasteiger partial charge in [-0.05, 0) is 110 Å². The van der Waals surface area contributed by atoms with Gasteiger partial charge in [0.05, 0.1) is 11.0 Å². The van der Waals surface area contributed by atoms with E-state index in [0.29, 0.717) is 17.5 Å². The smallest absolute Gasteiger partial charge is 0.164 e. The van der Waals surface area contributed by atoms with Crippen molar-refractivity contribution in [1.82, 2.24) is 19.5 Å². The Morgan fingerprint density at radius 1 is 0.286 bits per heavy atom. The summed E-state index contributed by atoms with van der Waals surface area (Å²) in [5.74, 6) is 1.82. The van der Waals surface area contributed by atoms with Gasteiger partial charge in [0.2, 0.25) is 0 Å². The fraction of sp³-hybridized carbons (Fsp3) is 0. The van der Waals surface area contributed by atoms with Crippen LogP contribution >= 0.6 is 11.3 Å². The Labute approximate surface area is 408 Å². The Bertz CT molecular complexity index is 4260. The molecule has 0 aliphatic heterocycles. The van der Waals surface area contributed by atoms with Gasteiger partial charge in [0.15, 0.2) is 17.5 Å². The van der Waals surface area contributed by atoms with Crippen LogP contribution in [0.15, 0.2) is 243 Å². The predicted molar refractivity (Wildman–Crippen MR) is 295 cm³/mol. The molecular weight excluding hydrogens is 869 g/mol. The first-order chi connectivity index (χ1) is 34.7. The van der Waals surface area contributed by atoms with Crippen LogP contribution in [-0.2, 0) is 0 Å². The zero-order valence-electron chi connectivity index (χ0n) is 37.8. The summed E-state index contributed by atoms with van der Waals surface area (Å²) in [4.78, 5) is 16.4. The Morgan fingerprint density at radius 3 is 1.49 bits per heavy atom.